The van der Waals surface area contributed by atoms with Crippen LogP contribution in [0.15, 0.2) is 24.4 Å². The highest BCUT2D eigenvalue weighted by Gasteiger charge is 2.33. The van der Waals surface area contributed by atoms with E-state index in [0.29, 0.717) is 25.6 Å². The standard InChI is InChI=1S/C18H31N3O2/c1-15(2)20(3)13-17(22)14-21-10-7-18(23,8-11-21)12-16-6-4-5-9-19-16/h4-6,9,15,17,22-23H,7-8,10-14H2,1-3H3. The van der Waals surface area contributed by atoms with E-state index >= 15 is 0 Å². The lowest BCUT2D eigenvalue weighted by Crippen LogP contribution is -2.49. The minimum Gasteiger partial charge on any atom is -0.390 e. The summed E-state index contributed by atoms with van der Waals surface area (Å²) in [5.74, 6) is 0. The number of β-amino-alcohol motifs (C(OH)–C–C–N with tert-alkyl or cyclic N) is 1. The molecule has 130 valence electrons. The van der Waals surface area contributed by atoms with E-state index in [-0.39, 0.29) is 6.10 Å². The van der Waals surface area contributed by atoms with Crippen LogP contribution in [0.3, 0.4) is 0 Å². The Hall–Kier alpha value is -1.01. The summed E-state index contributed by atoms with van der Waals surface area (Å²) in [4.78, 5) is 8.73. The van der Waals surface area contributed by atoms with Gasteiger partial charge in [-0.05, 0) is 45.9 Å². The van der Waals surface area contributed by atoms with Crippen molar-refractivity contribution < 1.29 is 10.2 Å². The summed E-state index contributed by atoms with van der Waals surface area (Å²) in [5, 5.41) is 21.0. The van der Waals surface area contributed by atoms with E-state index in [2.05, 4.69) is 28.6 Å². The largest absolute Gasteiger partial charge is 0.390 e. The summed E-state index contributed by atoms with van der Waals surface area (Å²) in [7, 11) is 2.04. The Morgan fingerprint density at radius 1 is 1.30 bits per heavy atom. The second kappa shape index (κ2) is 8.20. The lowest BCUT2D eigenvalue weighted by molar-refractivity contribution is -0.0322. The smallest absolute Gasteiger partial charge is 0.0793 e. The van der Waals surface area contributed by atoms with Crippen LogP contribution in [-0.2, 0) is 6.42 Å². The van der Waals surface area contributed by atoms with Crippen molar-refractivity contribution in [3.05, 3.63) is 30.1 Å². The van der Waals surface area contributed by atoms with Crippen LogP contribution in [0.25, 0.3) is 0 Å². The van der Waals surface area contributed by atoms with E-state index in [4.69, 9.17) is 0 Å². The quantitative estimate of drug-likeness (QED) is 0.789. The zero-order valence-corrected chi connectivity index (χ0v) is 14.6. The Morgan fingerprint density at radius 2 is 2.00 bits per heavy atom. The van der Waals surface area contributed by atoms with Crippen molar-refractivity contribution in [2.75, 3.05) is 33.2 Å². The number of likely N-dealkylation sites (tertiary alicyclic amines) is 1. The molecular formula is C18H31N3O2. The molecule has 0 amide bonds. The molecule has 1 unspecified atom stereocenters. The molecule has 0 aromatic carbocycles. The minimum atomic E-state index is -0.662. The Kier molecular flexibility index (Phi) is 6.53. The number of nitrogens with zero attached hydrogens (tertiary/aromatic N) is 3. The van der Waals surface area contributed by atoms with Gasteiger partial charge in [0.25, 0.3) is 0 Å². The maximum absolute atomic E-state index is 10.8. The fraction of sp³-hybridized carbons (Fsp3) is 0.722. The molecule has 2 heterocycles. The van der Waals surface area contributed by atoms with E-state index in [9.17, 15) is 10.2 Å². The van der Waals surface area contributed by atoms with E-state index in [0.717, 1.165) is 31.6 Å². The summed E-state index contributed by atoms with van der Waals surface area (Å²) in [6.45, 7) is 7.28. The van der Waals surface area contributed by atoms with Crippen LogP contribution in [0, 0.1) is 0 Å². The topological polar surface area (TPSA) is 59.8 Å². The lowest BCUT2D eigenvalue weighted by atomic mass is 9.86. The normalized spacial score (nSPS) is 20.1. The maximum atomic E-state index is 10.8. The van der Waals surface area contributed by atoms with Crippen molar-refractivity contribution in [2.24, 2.45) is 0 Å². The van der Waals surface area contributed by atoms with Crippen LogP contribution in [0.4, 0.5) is 0 Å². The van der Waals surface area contributed by atoms with Crippen molar-refractivity contribution in [1.29, 1.82) is 0 Å². The summed E-state index contributed by atoms with van der Waals surface area (Å²) < 4.78 is 0. The highest BCUT2D eigenvalue weighted by atomic mass is 16.3. The SMILES string of the molecule is CC(C)N(C)CC(O)CN1CCC(O)(Cc2ccccn2)CC1. The van der Waals surface area contributed by atoms with Crippen LogP contribution >= 0.6 is 0 Å². The fourth-order valence-electron chi connectivity index (χ4n) is 3.07. The molecule has 5 heteroatoms. The summed E-state index contributed by atoms with van der Waals surface area (Å²) in [5.41, 5.74) is 0.284. The molecule has 2 N–H and O–H groups in total. The third-order valence-electron chi connectivity index (χ3n) is 4.87. The minimum absolute atomic E-state index is 0.343. The Bertz CT molecular complexity index is 459. The van der Waals surface area contributed by atoms with Gasteiger partial charge in [0, 0.05) is 50.5 Å². The summed E-state index contributed by atoms with van der Waals surface area (Å²) in [6.07, 6.45) is 3.51. The van der Waals surface area contributed by atoms with Gasteiger partial charge >= 0.3 is 0 Å². The van der Waals surface area contributed by atoms with Gasteiger partial charge in [-0.25, -0.2) is 0 Å². The highest BCUT2D eigenvalue weighted by molar-refractivity contribution is 5.08. The molecule has 1 aromatic heterocycles. The van der Waals surface area contributed by atoms with Crippen molar-refractivity contribution in [1.82, 2.24) is 14.8 Å². The zero-order chi connectivity index (χ0) is 16.9. The first-order valence-corrected chi connectivity index (χ1v) is 8.61. The van der Waals surface area contributed by atoms with Gasteiger partial charge < -0.3 is 20.0 Å². The first kappa shape index (κ1) is 18.3. The Balaban J connectivity index is 1.77. The van der Waals surface area contributed by atoms with Gasteiger partial charge in [0.2, 0.25) is 0 Å². The first-order valence-electron chi connectivity index (χ1n) is 8.61. The summed E-state index contributed by atoms with van der Waals surface area (Å²) in [6, 6.07) is 6.26. The van der Waals surface area contributed by atoms with Gasteiger partial charge in [0.05, 0.1) is 11.7 Å². The van der Waals surface area contributed by atoms with Gasteiger partial charge in [0.1, 0.15) is 0 Å². The van der Waals surface area contributed by atoms with Crippen LogP contribution in [0.5, 0.6) is 0 Å². The molecule has 1 aliphatic heterocycles. The number of aromatic nitrogens is 1. The number of aliphatic hydroxyl groups is 2. The van der Waals surface area contributed by atoms with Gasteiger partial charge in [-0.2, -0.15) is 0 Å². The lowest BCUT2D eigenvalue weighted by Gasteiger charge is -2.39. The van der Waals surface area contributed by atoms with Crippen LogP contribution in [0.2, 0.25) is 0 Å². The molecule has 2 rings (SSSR count). The summed E-state index contributed by atoms with van der Waals surface area (Å²) >= 11 is 0. The number of hydrogen-bond acceptors (Lipinski definition) is 5. The molecule has 1 fully saturated rings. The van der Waals surface area contributed by atoms with Gasteiger partial charge in [-0.1, -0.05) is 6.07 Å². The Morgan fingerprint density at radius 3 is 2.57 bits per heavy atom. The monoisotopic (exact) mass is 321 g/mol. The molecule has 5 nitrogen and oxygen atoms in total. The number of aliphatic hydroxyl groups excluding tert-OH is 1. The van der Waals surface area contributed by atoms with Crippen LogP contribution < -0.4 is 0 Å². The van der Waals surface area contributed by atoms with E-state index in [1.807, 2.05) is 25.2 Å². The van der Waals surface area contributed by atoms with Crippen LogP contribution in [0.1, 0.15) is 32.4 Å². The van der Waals surface area contributed by atoms with E-state index in [1.165, 1.54) is 0 Å². The van der Waals surface area contributed by atoms with Crippen LogP contribution in [-0.4, -0.2) is 76.0 Å². The van der Waals surface area contributed by atoms with Gasteiger partial charge in [-0.3, -0.25) is 4.98 Å². The Labute approximate surface area is 139 Å². The zero-order valence-electron chi connectivity index (χ0n) is 14.6. The molecular weight excluding hydrogens is 290 g/mol. The predicted octanol–water partition coefficient (Wildman–Crippen LogP) is 1.15. The second-order valence-electron chi connectivity index (χ2n) is 7.21. The first-order chi connectivity index (χ1) is 10.9. The molecule has 1 saturated heterocycles. The number of piperidine rings is 1. The van der Waals surface area contributed by atoms with E-state index < -0.39 is 5.60 Å². The molecule has 0 aliphatic carbocycles. The van der Waals surface area contributed by atoms with Crippen molar-refractivity contribution in [3.8, 4) is 0 Å². The molecule has 0 bridgehead atoms. The van der Waals surface area contributed by atoms with Crippen molar-refractivity contribution >= 4 is 0 Å². The van der Waals surface area contributed by atoms with Gasteiger partial charge in [-0.15, -0.1) is 0 Å². The molecule has 1 atom stereocenters. The number of hydrogen-bond donors (Lipinski definition) is 2. The maximum Gasteiger partial charge on any atom is 0.0793 e. The molecule has 23 heavy (non-hydrogen) atoms. The predicted molar refractivity (Wildman–Crippen MR) is 92.3 cm³/mol. The molecule has 0 radical (unpaired) electrons. The molecule has 0 saturated carbocycles. The third-order valence-corrected chi connectivity index (χ3v) is 4.87. The van der Waals surface area contributed by atoms with E-state index in [1.54, 1.807) is 6.20 Å². The van der Waals surface area contributed by atoms with Gasteiger partial charge in [0.15, 0.2) is 0 Å². The molecule has 0 spiro atoms. The van der Waals surface area contributed by atoms with Crippen molar-refractivity contribution in [2.45, 2.75) is 50.9 Å². The number of pyridine rings is 1. The number of rotatable bonds is 7. The third kappa shape index (κ3) is 5.84. The molecule has 1 aliphatic rings. The fourth-order valence-corrected chi connectivity index (χ4v) is 3.07. The average molecular weight is 321 g/mol. The molecule has 1 aromatic rings. The number of likely N-dealkylation sites (N-methyl/N-ethyl adjacent to an activating group) is 1. The second-order valence-corrected chi connectivity index (χ2v) is 7.21. The average Bonchev–Trinajstić information content (AvgIpc) is 2.50. The van der Waals surface area contributed by atoms with Crippen molar-refractivity contribution in [3.63, 3.8) is 0 Å². The highest BCUT2D eigenvalue weighted by Crippen LogP contribution is 2.25.